The molecule has 0 aromatic heterocycles. The first-order chi connectivity index (χ1) is 5.27. The second-order valence-corrected chi connectivity index (χ2v) is 2.89. The van der Waals surface area contributed by atoms with E-state index in [-0.39, 0.29) is 0 Å². The zero-order valence-electron chi connectivity index (χ0n) is 6.10. The van der Waals surface area contributed by atoms with Crippen molar-refractivity contribution in [2.24, 2.45) is 0 Å². The molecule has 0 atom stereocenters. The number of methoxy groups -OCH3 is 1. The Hall–Kier alpha value is -0.830. The third kappa shape index (κ3) is 1.80. The van der Waals surface area contributed by atoms with E-state index in [0.717, 1.165) is 15.8 Å². The lowest BCUT2D eigenvalue weighted by molar-refractivity contribution is 0.412. The average molecular weight is 214 g/mol. The number of hydrogen-bond acceptors (Lipinski definition) is 2. The lowest BCUT2D eigenvalue weighted by atomic mass is 10.2. The lowest BCUT2D eigenvalue weighted by Gasteiger charge is -2.02. The highest BCUT2D eigenvalue weighted by Crippen LogP contribution is 2.24. The van der Waals surface area contributed by atoms with Crippen LogP contribution in [0.25, 0.3) is 0 Å². The first-order valence-electron chi connectivity index (χ1n) is 3.12. The molecule has 2 nitrogen and oxygen atoms in total. The fourth-order valence-corrected chi connectivity index (χ4v) is 1.33. The SMILES string of the molecule is COc1ccc(C=N)cc1Br. The van der Waals surface area contributed by atoms with Crippen LogP contribution in [0.2, 0.25) is 0 Å². The van der Waals surface area contributed by atoms with Crippen molar-refractivity contribution in [3.8, 4) is 5.75 Å². The molecular weight excluding hydrogens is 206 g/mol. The molecule has 0 fully saturated rings. The van der Waals surface area contributed by atoms with Crippen LogP contribution < -0.4 is 4.74 Å². The van der Waals surface area contributed by atoms with Crippen LogP contribution in [0.1, 0.15) is 5.56 Å². The Kier molecular flexibility index (Phi) is 2.65. The van der Waals surface area contributed by atoms with Crippen LogP contribution in [0.5, 0.6) is 5.75 Å². The Morgan fingerprint density at radius 3 is 2.73 bits per heavy atom. The number of rotatable bonds is 2. The summed E-state index contributed by atoms with van der Waals surface area (Å²) in [5, 5.41) is 6.98. The first-order valence-corrected chi connectivity index (χ1v) is 3.91. The van der Waals surface area contributed by atoms with Gasteiger partial charge in [0.1, 0.15) is 5.75 Å². The fraction of sp³-hybridized carbons (Fsp3) is 0.125. The minimum Gasteiger partial charge on any atom is -0.496 e. The Bertz CT molecular complexity index is 273. The number of benzene rings is 1. The lowest BCUT2D eigenvalue weighted by Crippen LogP contribution is -1.85. The molecule has 1 rings (SSSR count). The van der Waals surface area contributed by atoms with Crippen LogP contribution >= 0.6 is 15.9 Å². The standard InChI is InChI=1S/C8H8BrNO/c1-11-8-3-2-6(5-10)4-7(8)9/h2-5,10H,1H3. The summed E-state index contributed by atoms with van der Waals surface area (Å²) in [5.41, 5.74) is 0.859. The first kappa shape index (κ1) is 8.27. The van der Waals surface area contributed by atoms with Gasteiger partial charge in [0, 0.05) is 6.21 Å². The molecule has 1 aromatic carbocycles. The van der Waals surface area contributed by atoms with E-state index in [1.807, 2.05) is 18.2 Å². The smallest absolute Gasteiger partial charge is 0.133 e. The normalized spacial score (nSPS) is 9.27. The van der Waals surface area contributed by atoms with Crippen molar-refractivity contribution in [2.45, 2.75) is 0 Å². The minimum atomic E-state index is 0.788. The molecule has 1 aromatic rings. The molecular formula is C8H8BrNO. The van der Waals surface area contributed by atoms with Crippen LogP contribution in [0, 0.1) is 5.41 Å². The molecule has 1 N–H and O–H groups in total. The molecule has 0 unspecified atom stereocenters. The molecule has 3 heteroatoms. The van der Waals surface area contributed by atoms with Gasteiger partial charge in [0.2, 0.25) is 0 Å². The van der Waals surface area contributed by atoms with Gasteiger partial charge >= 0.3 is 0 Å². The van der Waals surface area contributed by atoms with Crippen molar-refractivity contribution < 1.29 is 4.74 Å². The average Bonchev–Trinajstić information content (AvgIpc) is 2.04. The summed E-state index contributed by atoms with van der Waals surface area (Å²) in [6.45, 7) is 0. The van der Waals surface area contributed by atoms with Crippen molar-refractivity contribution in [3.63, 3.8) is 0 Å². The van der Waals surface area contributed by atoms with E-state index in [0.29, 0.717) is 0 Å². The second kappa shape index (κ2) is 3.53. The highest BCUT2D eigenvalue weighted by atomic mass is 79.9. The summed E-state index contributed by atoms with van der Waals surface area (Å²) >= 11 is 3.32. The van der Waals surface area contributed by atoms with Gasteiger partial charge in [-0.25, -0.2) is 0 Å². The molecule has 0 aliphatic heterocycles. The highest BCUT2D eigenvalue weighted by molar-refractivity contribution is 9.10. The molecule has 0 spiro atoms. The summed E-state index contributed by atoms with van der Waals surface area (Å²) in [6.07, 6.45) is 1.30. The van der Waals surface area contributed by atoms with Crippen LogP contribution in [-0.2, 0) is 0 Å². The summed E-state index contributed by atoms with van der Waals surface area (Å²) in [5.74, 6) is 0.788. The maximum atomic E-state index is 6.98. The van der Waals surface area contributed by atoms with E-state index >= 15 is 0 Å². The summed E-state index contributed by atoms with van der Waals surface area (Å²) in [4.78, 5) is 0. The molecule has 0 bridgehead atoms. The molecule has 0 aliphatic carbocycles. The van der Waals surface area contributed by atoms with Gasteiger partial charge in [-0.1, -0.05) is 0 Å². The monoisotopic (exact) mass is 213 g/mol. The molecule has 0 saturated heterocycles. The largest absolute Gasteiger partial charge is 0.496 e. The zero-order chi connectivity index (χ0) is 8.27. The van der Waals surface area contributed by atoms with Gasteiger partial charge in [-0.05, 0) is 39.7 Å². The van der Waals surface area contributed by atoms with Crippen molar-refractivity contribution in [2.75, 3.05) is 7.11 Å². The van der Waals surface area contributed by atoms with Gasteiger partial charge in [0.15, 0.2) is 0 Å². The van der Waals surface area contributed by atoms with E-state index in [4.69, 9.17) is 10.1 Å². The predicted molar refractivity (Wildman–Crippen MR) is 48.6 cm³/mol. The summed E-state index contributed by atoms with van der Waals surface area (Å²) < 4.78 is 5.90. The Morgan fingerprint density at radius 1 is 1.55 bits per heavy atom. The van der Waals surface area contributed by atoms with Crippen LogP contribution in [0.15, 0.2) is 22.7 Å². The predicted octanol–water partition coefficient (Wildman–Crippen LogP) is 2.46. The fourth-order valence-electron chi connectivity index (χ4n) is 0.772. The van der Waals surface area contributed by atoms with Crippen molar-refractivity contribution in [1.82, 2.24) is 0 Å². The number of nitrogens with one attached hydrogen (secondary N) is 1. The second-order valence-electron chi connectivity index (χ2n) is 2.04. The van der Waals surface area contributed by atoms with Gasteiger partial charge in [-0.2, -0.15) is 0 Å². The third-order valence-electron chi connectivity index (χ3n) is 1.34. The van der Waals surface area contributed by atoms with Crippen molar-refractivity contribution >= 4 is 22.1 Å². The van der Waals surface area contributed by atoms with Crippen LogP contribution in [0.4, 0.5) is 0 Å². The quantitative estimate of drug-likeness (QED) is 0.753. The van der Waals surface area contributed by atoms with E-state index in [2.05, 4.69) is 15.9 Å². The maximum absolute atomic E-state index is 6.98. The topological polar surface area (TPSA) is 33.1 Å². The van der Waals surface area contributed by atoms with E-state index in [9.17, 15) is 0 Å². The molecule has 0 saturated carbocycles. The molecule has 0 heterocycles. The minimum absolute atomic E-state index is 0.788. The number of ether oxygens (including phenoxy) is 1. The number of hydrogen-bond donors (Lipinski definition) is 1. The van der Waals surface area contributed by atoms with Gasteiger partial charge in [0.05, 0.1) is 11.6 Å². The van der Waals surface area contributed by atoms with Gasteiger partial charge < -0.3 is 10.1 Å². The number of halogens is 1. The molecule has 0 aliphatic rings. The van der Waals surface area contributed by atoms with E-state index < -0.39 is 0 Å². The Balaban J connectivity index is 3.09. The molecule has 58 valence electrons. The van der Waals surface area contributed by atoms with Gasteiger partial charge in [0.25, 0.3) is 0 Å². The van der Waals surface area contributed by atoms with E-state index in [1.165, 1.54) is 6.21 Å². The van der Waals surface area contributed by atoms with Gasteiger partial charge in [-0.3, -0.25) is 0 Å². The molecule has 0 amide bonds. The maximum Gasteiger partial charge on any atom is 0.133 e. The van der Waals surface area contributed by atoms with Crippen LogP contribution in [-0.4, -0.2) is 13.3 Å². The van der Waals surface area contributed by atoms with Crippen molar-refractivity contribution in [3.05, 3.63) is 28.2 Å². The Labute approximate surface area is 73.8 Å². The van der Waals surface area contributed by atoms with E-state index in [1.54, 1.807) is 7.11 Å². The van der Waals surface area contributed by atoms with Crippen molar-refractivity contribution in [1.29, 1.82) is 5.41 Å². The molecule has 11 heavy (non-hydrogen) atoms. The summed E-state index contributed by atoms with van der Waals surface area (Å²) in [6, 6.07) is 5.49. The highest BCUT2D eigenvalue weighted by Gasteiger charge is 1.98. The van der Waals surface area contributed by atoms with Crippen LogP contribution in [0.3, 0.4) is 0 Å². The Morgan fingerprint density at radius 2 is 2.27 bits per heavy atom. The zero-order valence-corrected chi connectivity index (χ0v) is 7.68. The van der Waals surface area contributed by atoms with Gasteiger partial charge in [-0.15, -0.1) is 0 Å². The third-order valence-corrected chi connectivity index (χ3v) is 1.96. The summed E-state index contributed by atoms with van der Waals surface area (Å²) in [7, 11) is 1.62. The molecule has 0 radical (unpaired) electrons.